The van der Waals surface area contributed by atoms with Gasteiger partial charge in [0.2, 0.25) is 0 Å². The standard InChI is InChI=1S/C18H19ClN4O3S2/c1-10-4-3-5-13(21-10)22-15(24)12-8-11(19)14(27-12)17(2)9-28(25,26)18(6-7-18)16(20)23-17/h3-5,8H,6-7,9H2,1-2H3,(H2,20,23)(H,21,22,24)/t17-/m0/s1. The lowest BCUT2D eigenvalue weighted by molar-refractivity contribution is 0.103. The number of aromatic nitrogens is 1. The van der Waals surface area contributed by atoms with Crippen LogP contribution in [0, 0.1) is 12.3 Å². The molecule has 4 rings (SSSR count). The molecule has 2 fully saturated rings. The minimum Gasteiger partial charge on any atom is -0.362 e. The maximum absolute atomic E-state index is 12.8. The number of anilines is 1. The van der Waals surface area contributed by atoms with Crippen LogP contribution in [0.2, 0.25) is 5.02 Å². The van der Waals surface area contributed by atoms with Crippen molar-refractivity contribution in [2.75, 3.05) is 11.1 Å². The summed E-state index contributed by atoms with van der Waals surface area (Å²) in [5.74, 6) is -0.0885. The molecule has 0 aromatic carbocycles. The molecule has 1 saturated carbocycles. The first-order valence-electron chi connectivity index (χ1n) is 8.71. The molecule has 1 aliphatic carbocycles. The van der Waals surface area contributed by atoms with Gasteiger partial charge in [-0.3, -0.25) is 10.2 Å². The van der Waals surface area contributed by atoms with Gasteiger partial charge in [0.15, 0.2) is 9.84 Å². The quantitative estimate of drug-likeness (QED) is 0.681. The van der Waals surface area contributed by atoms with Crippen LogP contribution in [-0.2, 0) is 15.4 Å². The lowest BCUT2D eigenvalue weighted by Gasteiger charge is -2.39. The van der Waals surface area contributed by atoms with E-state index in [1.165, 1.54) is 6.07 Å². The largest absolute Gasteiger partial charge is 0.362 e. The Morgan fingerprint density at radius 3 is 2.71 bits per heavy atom. The number of nitrogens with one attached hydrogen (secondary N) is 3. The van der Waals surface area contributed by atoms with Crippen LogP contribution in [0.3, 0.4) is 0 Å². The van der Waals surface area contributed by atoms with Crippen molar-refractivity contribution in [1.82, 2.24) is 10.3 Å². The summed E-state index contributed by atoms with van der Waals surface area (Å²) in [6.45, 7) is 3.53. The molecule has 7 nitrogen and oxygen atoms in total. The SMILES string of the molecule is Cc1cccc(NC(=O)c2cc(Cl)c([C@]3(C)CS(=O)(=O)C4(CC4)C(=N)N3)s2)n1. The molecular weight excluding hydrogens is 420 g/mol. The van der Waals surface area contributed by atoms with E-state index in [2.05, 4.69) is 15.6 Å². The first-order chi connectivity index (χ1) is 13.1. The van der Waals surface area contributed by atoms with Gasteiger partial charge in [-0.1, -0.05) is 17.7 Å². The molecule has 1 atom stereocenters. The molecule has 148 valence electrons. The van der Waals surface area contributed by atoms with E-state index in [0.717, 1.165) is 17.0 Å². The van der Waals surface area contributed by atoms with Crippen molar-refractivity contribution in [1.29, 1.82) is 5.41 Å². The van der Waals surface area contributed by atoms with Gasteiger partial charge in [-0.05, 0) is 44.9 Å². The molecule has 2 aliphatic rings. The average molecular weight is 439 g/mol. The van der Waals surface area contributed by atoms with E-state index in [1.54, 1.807) is 19.1 Å². The summed E-state index contributed by atoms with van der Waals surface area (Å²) in [7, 11) is -3.49. The number of hydrogen-bond donors (Lipinski definition) is 3. The normalized spacial score (nSPS) is 24.6. The zero-order valence-corrected chi connectivity index (χ0v) is 17.7. The van der Waals surface area contributed by atoms with Crippen LogP contribution in [0.25, 0.3) is 0 Å². The number of carbonyl (C=O) groups excluding carboxylic acids is 1. The van der Waals surface area contributed by atoms with Crippen molar-refractivity contribution >= 4 is 50.3 Å². The summed E-state index contributed by atoms with van der Waals surface area (Å²) < 4.78 is 24.5. The molecule has 10 heteroatoms. The number of carbonyl (C=O) groups is 1. The molecule has 28 heavy (non-hydrogen) atoms. The second-order valence-electron chi connectivity index (χ2n) is 7.49. The third kappa shape index (κ3) is 3.01. The van der Waals surface area contributed by atoms with Crippen LogP contribution >= 0.6 is 22.9 Å². The molecule has 1 saturated heterocycles. The Bertz CT molecular complexity index is 1110. The van der Waals surface area contributed by atoms with Crippen molar-refractivity contribution < 1.29 is 13.2 Å². The molecular formula is C18H19ClN4O3S2. The van der Waals surface area contributed by atoms with E-state index in [9.17, 15) is 13.2 Å². The molecule has 1 spiro atoms. The molecule has 0 radical (unpaired) electrons. The topological polar surface area (TPSA) is 112 Å². The van der Waals surface area contributed by atoms with Gasteiger partial charge < -0.3 is 10.6 Å². The fourth-order valence-corrected chi connectivity index (χ4v) is 7.52. The molecule has 3 N–H and O–H groups in total. The number of halogens is 1. The molecule has 2 aromatic rings. The van der Waals surface area contributed by atoms with Crippen LogP contribution in [0.15, 0.2) is 24.3 Å². The number of nitrogens with zero attached hydrogens (tertiary/aromatic N) is 1. The minimum absolute atomic E-state index is 0.0145. The van der Waals surface area contributed by atoms with Crippen LogP contribution in [0.1, 0.15) is 40.0 Å². The highest BCUT2D eigenvalue weighted by Crippen LogP contribution is 2.50. The van der Waals surface area contributed by atoms with Crippen molar-refractivity contribution in [2.45, 2.75) is 37.0 Å². The number of sulfone groups is 1. The van der Waals surface area contributed by atoms with Gasteiger partial charge in [-0.25, -0.2) is 13.4 Å². The highest BCUT2D eigenvalue weighted by Gasteiger charge is 2.63. The van der Waals surface area contributed by atoms with E-state index in [1.807, 2.05) is 13.0 Å². The highest BCUT2D eigenvalue weighted by atomic mass is 35.5. The Morgan fingerprint density at radius 2 is 2.11 bits per heavy atom. The molecule has 2 aromatic heterocycles. The smallest absolute Gasteiger partial charge is 0.266 e. The van der Waals surface area contributed by atoms with E-state index >= 15 is 0 Å². The van der Waals surface area contributed by atoms with E-state index in [0.29, 0.717) is 33.4 Å². The number of amides is 1. The first kappa shape index (κ1) is 19.4. The minimum atomic E-state index is -3.49. The summed E-state index contributed by atoms with van der Waals surface area (Å²) in [6.07, 6.45) is 0.957. The van der Waals surface area contributed by atoms with Gasteiger partial charge in [-0.15, -0.1) is 11.3 Å². The van der Waals surface area contributed by atoms with Gasteiger partial charge in [0.05, 0.1) is 26.1 Å². The molecule has 3 heterocycles. The third-order valence-corrected chi connectivity index (χ3v) is 9.74. The van der Waals surface area contributed by atoms with E-state index in [-0.39, 0.29) is 17.5 Å². The van der Waals surface area contributed by atoms with Gasteiger partial charge >= 0.3 is 0 Å². The third-order valence-electron chi connectivity index (χ3n) is 5.18. The average Bonchev–Trinajstić information content (AvgIpc) is 3.31. The zero-order valence-electron chi connectivity index (χ0n) is 15.3. The number of thiophene rings is 1. The molecule has 1 aliphatic heterocycles. The fraction of sp³-hybridized carbons (Fsp3) is 0.389. The summed E-state index contributed by atoms with van der Waals surface area (Å²) in [5.41, 5.74) is -0.273. The Balaban J connectivity index is 1.62. The Labute approximate surface area is 171 Å². The van der Waals surface area contributed by atoms with Crippen molar-refractivity contribution in [2.24, 2.45) is 0 Å². The van der Waals surface area contributed by atoms with Gasteiger partial charge in [0.1, 0.15) is 16.4 Å². The Morgan fingerprint density at radius 1 is 1.39 bits per heavy atom. The summed E-state index contributed by atoms with van der Waals surface area (Å²) in [6, 6.07) is 6.83. The lowest BCUT2D eigenvalue weighted by atomic mass is 10.0. The number of amidine groups is 1. The van der Waals surface area contributed by atoms with Crippen LogP contribution in [-0.4, -0.2) is 35.6 Å². The Hall–Kier alpha value is -1.97. The van der Waals surface area contributed by atoms with Gasteiger partial charge in [-0.2, -0.15) is 0 Å². The number of aryl methyl sites for hydroxylation is 1. The lowest BCUT2D eigenvalue weighted by Crippen LogP contribution is -2.60. The maximum atomic E-state index is 12.8. The fourth-order valence-electron chi connectivity index (χ4n) is 3.54. The summed E-state index contributed by atoms with van der Waals surface area (Å²) in [4.78, 5) is 17.7. The van der Waals surface area contributed by atoms with E-state index in [4.69, 9.17) is 17.0 Å². The number of rotatable bonds is 3. The maximum Gasteiger partial charge on any atom is 0.266 e. The zero-order chi connectivity index (χ0) is 20.3. The number of pyridine rings is 1. The second kappa shape index (κ2) is 6.27. The predicted molar refractivity (Wildman–Crippen MR) is 110 cm³/mol. The van der Waals surface area contributed by atoms with Gasteiger partial charge in [0.25, 0.3) is 5.91 Å². The van der Waals surface area contributed by atoms with Crippen LogP contribution in [0.4, 0.5) is 5.82 Å². The predicted octanol–water partition coefficient (Wildman–Crippen LogP) is 3.10. The monoisotopic (exact) mass is 438 g/mol. The van der Waals surface area contributed by atoms with Crippen molar-refractivity contribution in [3.05, 3.63) is 44.7 Å². The van der Waals surface area contributed by atoms with E-state index < -0.39 is 20.1 Å². The van der Waals surface area contributed by atoms with Crippen LogP contribution < -0.4 is 10.6 Å². The summed E-state index contributed by atoms with van der Waals surface area (Å²) >= 11 is 7.50. The molecule has 0 unspecified atom stereocenters. The highest BCUT2D eigenvalue weighted by molar-refractivity contribution is 7.94. The summed E-state index contributed by atoms with van der Waals surface area (Å²) in [5, 5.41) is 14.3. The number of hydrogen-bond acceptors (Lipinski definition) is 6. The van der Waals surface area contributed by atoms with Crippen molar-refractivity contribution in [3.63, 3.8) is 0 Å². The van der Waals surface area contributed by atoms with Crippen molar-refractivity contribution in [3.8, 4) is 0 Å². The molecule has 0 bridgehead atoms. The second-order valence-corrected chi connectivity index (χ2v) is 11.3. The first-order valence-corrected chi connectivity index (χ1v) is 11.6. The van der Waals surface area contributed by atoms with Crippen LogP contribution in [0.5, 0.6) is 0 Å². The Kier molecular flexibility index (Phi) is 4.33. The van der Waals surface area contributed by atoms with Gasteiger partial charge in [0, 0.05) is 5.69 Å². The molecule has 1 amide bonds.